The summed E-state index contributed by atoms with van der Waals surface area (Å²) in [4.78, 5) is 9.92. The third-order valence-corrected chi connectivity index (χ3v) is 1.76. The van der Waals surface area contributed by atoms with Crippen LogP contribution < -0.4 is 0 Å². The molecular formula is C10H18O2. The first-order chi connectivity index (χ1) is 5.81. The van der Waals surface area contributed by atoms with Crippen molar-refractivity contribution in [1.82, 2.24) is 0 Å². The van der Waals surface area contributed by atoms with Gasteiger partial charge in [-0.25, -0.2) is 0 Å². The van der Waals surface area contributed by atoms with Crippen LogP contribution in [0.5, 0.6) is 0 Å². The normalized spacial score (nSPS) is 13.2. The molecule has 0 aromatic heterocycles. The lowest BCUT2D eigenvalue weighted by molar-refractivity contribution is -0.133. The van der Waals surface area contributed by atoms with Crippen LogP contribution in [0, 0.1) is 0 Å². The molecule has 0 aromatic rings. The largest absolute Gasteiger partial charge is 0.465 e. The van der Waals surface area contributed by atoms with Crippen molar-refractivity contribution in [3.8, 4) is 0 Å². The summed E-state index contributed by atoms with van der Waals surface area (Å²) < 4.78 is 4.75. The number of hydrogen-bond acceptors (Lipinski definition) is 2. The summed E-state index contributed by atoms with van der Waals surface area (Å²) >= 11 is 0. The van der Waals surface area contributed by atoms with E-state index >= 15 is 0 Å². The molecule has 0 N–H and O–H groups in total. The lowest BCUT2D eigenvalue weighted by atomic mass is 10.1. The molecule has 1 unspecified atom stereocenters. The van der Waals surface area contributed by atoms with Crippen LogP contribution in [0.3, 0.4) is 0 Å². The van der Waals surface area contributed by atoms with Crippen LogP contribution in [0.1, 0.15) is 39.5 Å². The lowest BCUT2D eigenvalue weighted by Crippen LogP contribution is -2.05. The van der Waals surface area contributed by atoms with Crippen LogP contribution in [0.15, 0.2) is 12.2 Å². The van der Waals surface area contributed by atoms with E-state index in [0.29, 0.717) is 6.47 Å². The molecule has 0 aliphatic rings. The Labute approximate surface area is 74.6 Å². The summed E-state index contributed by atoms with van der Waals surface area (Å²) in [5.74, 6) is 0. The zero-order valence-electron chi connectivity index (χ0n) is 7.95. The minimum absolute atomic E-state index is 0.0770. The maximum Gasteiger partial charge on any atom is 0.293 e. The van der Waals surface area contributed by atoms with Crippen LogP contribution in [0.4, 0.5) is 0 Å². The first-order valence-electron chi connectivity index (χ1n) is 4.51. The summed E-state index contributed by atoms with van der Waals surface area (Å²) in [6.07, 6.45) is 8.70. The summed E-state index contributed by atoms with van der Waals surface area (Å²) in [6, 6.07) is 0. The molecule has 0 aromatic carbocycles. The standard InChI is InChI=1S/C10H18O2/c1-3-4-5-6-7-8-10(2)12-9-11/h3-4,9-10H,5-8H2,1-2H3/b4-3-. The molecule has 12 heavy (non-hydrogen) atoms. The number of allylic oxidation sites excluding steroid dienone is 2. The zero-order valence-corrected chi connectivity index (χ0v) is 7.95. The van der Waals surface area contributed by atoms with Crippen LogP contribution >= 0.6 is 0 Å². The minimum atomic E-state index is 0.0770. The van der Waals surface area contributed by atoms with Gasteiger partial charge in [0.25, 0.3) is 6.47 Å². The highest BCUT2D eigenvalue weighted by molar-refractivity contribution is 5.37. The fraction of sp³-hybridized carbons (Fsp3) is 0.700. The average molecular weight is 170 g/mol. The molecule has 0 amide bonds. The zero-order chi connectivity index (χ0) is 9.23. The fourth-order valence-corrected chi connectivity index (χ4v) is 1.02. The van der Waals surface area contributed by atoms with Crippen molar-refractivity contribution in [2.75, 3.05) is 0 Å². The van der Waals surface area contributed by atoms with Gasteiger partial charge in [-0.05, 0) is 39.5 Å². The first kappa shape index (κ1) is 11.2. The van der Waals surface area contributed by atoms with E-state index in [1.807, 2.05) is 13.8 Å². The number of rotatable bonds is 7. The topological polar surface area (TPSA) is 26.3 Å². The highest BCUT2D eigenvalue weighted by Gasteiger charge is 1.99. The smallest absolute Gasteiger partial charge is 0.293 e. The first-order valence-corrected chi connectivity index (χ1v) is 4.51. The predicted octanol–water partition coefficient (Wildman–Crippen LogP) is 2.68. The summed E-state index contributed by atoms with van der Waals surface area (Å²) in [6.45, 7) is 4.47. The molecule has 2 heteroatoms. The Bertz CT molecular complexity index is 130. The molecule has 0 bridgehead atoms. The second-order valence-corrected chi connectivity index (χ2v) is 2.90. The molecule has 0 aliphatic carbocycles. The van der Waals surface area contributed by atoms with Crippen molar-refractivity contribution < 1.29 is 9.53 Å². The van der Waals surface area contributed by atoms with E-state index in [1.165, 1.54) is 6.42 Å². The van der Waals surface area contributed by atoms with Crippen molar-refractivity contribution in [2.24, 2.45) is 0 Å². The third kappa shape index (κ3) is 7.32. The van der Waals surface area contributed by atoms with Gasteiger partial charge in [-0.3, -0.25) is 4.79 Å². The molecule has 0 radical (unpaired) electrons. The van der Waals surface area contributed by atoms with Gasteiger partial charge >= 0.3 is 0 Å². The number of carbonyl (C=O) groups is 1. The minimum Gasteiger partial charge on any atom is -0.465 e. The Morgan fingerprint density at radius 3 is 2.75 bits per heavy atom. The SMILES string of the molecule is C/C=C\CCCCC(C)OC=O. The molecule has 2 nitrogen and oxygen atoms in total. The van der Waals surface area contributed by atoms with Gasteiger partial charge in [0.1, 0.15) is 0 Å². The Balaban J connectivity index is 3.13. The summed E-state index contributed by atoms with van der Waals surface area (Å²) in [7, 11) is 0. The Morgan fingerprint density at radius 1 is 1.42 bits per heavy atom. The molecule has 0 saturated heterocycles. The van der Waals surface area contributed by atoms with E-state index in [2.05, 4.69) is 12.2 Å². The molecule has 0 fully saturated rings. The van der Waals surface area contributed by atoms with Crippen molar-refractivity contribution in [3.63, 3.8) is 0 Å². The van der Waals surface area contributed by atoms with Gasteiger partial charge in [-0.2, -0.15) is 0 Å². The van der Waals surface area contributed by atoms with E-state index < -0.39 is 0 Å². The van der Waals surface area contributed by atoms with Crippen LogP contribution in [0.2, 0.25) is 0 Å². The van der Waals surface area contributed by atoms with Crippen LogP contribution in [-0.4, -0.2) is 12.6 Å². The second-order valence-electron chi connectivity index (χ2n) is 2.90. The molecule has 70 valence electrons. The average Bonchev–Trinajstić information content (AvgIpc) is 2.05. The van der Waals surface area contributed by atoms with E-state index in [4.69, 9.17) is 4.74 Å². The Hall–Kier alpha value is -0.790. The van der Waals surface area contributed by atoms with Gasteiger partial charge in [0, 0.05) is 0 Å². The van der Waals surface area contributed by atoms with Crippen molar-refractivity contribution in [2.45, 2.75) is 45.6 Å². The quantitative estimate of drug-likeness (QED) is 0.333. The summed E-state index contributed by atoms with van der Waals surface area (Å²) in [5, 5.41) is 0. The lowest BCUT2D eigenvalue weighted by Gasteiger charge is -2.07. The van der Waals surface area contributed by atoms with E-state index in [9.17, 15) is 4.79 Å². The second kappa shape index (κ2) is 8.31. The van der Waals surface area contributed by atoms with Gasteiger partial charge in [-0.1, -0.05) is 12.2 Å². The van der Waals surface area contributed by atoms with Gasteiger partial charge in [0.2, 0.25) is 0 Å². The number of hydrogen-bond donors (Lipinski definition) is 0. The van der Waals surface area contributed by atoms with Gasteiger partial charge in [-0.15, -0.1) is 0 Å². The van der Waals surface area contributed by atoms with Crippen molar-refractivity contribution in [1.29, 1.82) is 0 Å². The fourth-order valence-electron chi connectivity index (χ4n) is 1.02. The summed E-state index contributed by atoms with van der Waals surface area (Å²) in [5.41, 5.74) is 0. The third-order valence-electron chi connectivity index (χ3n) is 1.76. The number of ether oxygens (including phenoxy) is 1. The highest BCUT2D eigenvalue weighted by Crippen LogP contribution is 2.05. The highest BCUT2D eigenvalue weighted by atomic mass is 16.5. The van der Waals surface area contributed by atoms with Crippen LogP contribution in [-0.2, 0) is 9.53 Å². The van der Waals surface area contributed by atoms with Gasteiger partial charge < -0.3 is 4.74 Å². The van der Waals surface area contributed by atoms with Gasteiger partial charge in [0.15, 0.2) is 0 Å². The molecule has 0 spiro atoms. The van der Waals surface area contributed by atoms with Crippen molar-refractivity contribution in [3.05, 3.63) is 12.2 Å². The van der Waals surface area contributed by atoms with Crippen LogP contribution in [0.25, 0.3) is 0 Å². The molecule has 0 heterocycles. The van der Waals surface area contributed by atoms with Gasteiger partial charge in [0.05, 0.1) is 6.10 Å². The van der Waals surface area contributed by atoms with Crippen molar-refractivity contribution >= 4 is 6.47 Å². The number of unbranched alkanes of at least 4 members (excludes halogenated alkanes) is 2. The number of carbonyl (C=O) groups excluding carboxylic acids is 1. The molecule has 0 saturated carbocycles. The monoisotopic (exact) mass is 170 g/mol. The molecule has 0 aliphatic heterocycles. The molecular weight excluding hydrogens is 152 g/mol. The van der Waals surface area contributed by atoms with E-state index in [1.54, 1.807) is 0 Å². The predicted molar refractivity (Wildman–Crippen MR) is 49.9 cm³/mol. The Kier molecular flexibility index (Phi) is 7.76. The van der Waals surface area contributed by atoms with E-state index in [-0.39, 0.29) is 6.10 Å². The maximum absolute atomic E-state index is 9.92. The van der Waals surface area contributed by atoms with E-state index in [0.717, 1.165) is 19.3 Å². The maximum atomic E-state index is 9.92. The Morgan fingerprint density at radius 2 is 2.17 bits per heavy atom. The molecule has 0 rings (SSSR count). The molecule has 1 atom stereocenters.